The summed E-state index contributed by atoms with van der Waals surface area (Å²) < 4.78 is 0. The van der Waals surface area contributed by atoms with Gasteiger partial charge in [-0.1, -0.05) is 11.6 Å². The van der Waals surface area contributed by atoms with Crippen LogP contribution in [0.1, 0.15) is 16.7 Å². The third-order valence-electron chi connectivity index (χ3n) is 2.72. The molecule has 1 nitrogen and oxygen atoms in total. The second-order valence-corrected chi connectivity index (χ2v) is 4.28. The zero-order valence-electron chi connectivity index (χ0n) is 8.10. The lowest BCUT2D eigenvalue weighted by Gasteiger charge is -2.26. The zero-order valence-corrected chi connectivity index (χ0v) is 8.86. The smallest absolute Gasteiger partial charge is 0.0411 e. The van der Waals surface area contributed by atoms with Gasteiger partial charge in [0, 0.05) is 18.1 Å². The molecule has 0 aromatic heterocycles. The molecule has 0 unspecified atom stereocenters. The van der Waals surface area contributed by atoms with Crippen molar-refractivity contribution in [2.24, 2.45) is 0 Å². The lowest BCUT2D eigenvalue weighted by Crippen LogP contribution is -2.27. The van der Waals surface area contributed by atoms with Crippen LogP contribution >= 0.6 is 11.6 Å². The number of rotatable bonds is 0. The Morgan fingerprint density at radius 2 is 2.15 bits per heavy atom. The van der Waals surface area contributed by atoms with Crippen LogP contribution in [0.15, 0.2) is 12.1 Å². The molecule has 0 fully saturated rings. The largest absolute Gasteiger partial charge is 0.302 e. The Morgan fingerprint density at radius 3 is 2.92 bits per heavy atom. The minimum atomic E-state index is 0.876. The van der Waals surface area contributed by atoms with Crippen LogP contribution in [0.5, 0.6) is 0 Å². The first-order valence-corrected chi connectivity index (χ1v) is 5.01. The zero-order chi connectivity index (χ0) is 9.42. The number of aryl methyl sites for hydroxylation is 1. The van der Waals surface area contributed by atoms with Gasteiger partial charge in [-0.3, -0.25) is 0 Å². The average molecular weight is 196 g/mol. The van der Waals surface area contributed by atoms with Gasteiger partial charge >= 0.3 is 0 Å². The number of halogens is 1. The van der Waals surface area contributed by atoms with Gasteiger partial charge in [0.25, 0.3) is 0 Å². The molecule has 0 bridgehead atoms. The number of hydrogen-bond donors (Lipinski definition) is 0. The van der Waals surface area contributed by atoms with E-state index in [0.717, 1.165) is 24.5 Å². The number of nitrogens with zero attached hydrogens (tertiary/aromatic N) is 1. The Balaban J connectivity index is 2.47. The van der Waals surface area contributed by atoms with Crippen LogP contribution in [0, 0.1) is 6.92 Å². The van der Waals surface area contributed by atoms with Gasteiger partial charge in [-0.25, -0.2) is 0 Å². The normalized spacial score (nSPS) is 17.2. The van der Waals surface area contributed by atoms with Crippen LogP contribution in [0.4, 0.5) is 0 Å². The standard InChI is InChI=1S/C11H14ClN/c1-8-5-10(12)6-9-3-4-13(2)7-11(8)9/h5-6H,3-4,7H2,1-2H3. The van der Waals surface area contributed by atoms with Gasteiger partial charge in [-0.2, -0.15) is 0 Å². The Kier molecular flexibility index (Phi) is 2.31. The van der Waals surface area contributed by atoms with Crippen molar-refractivity contribution < 1.29 is 0 Å². The van der Waals surface area contributed by atoms with Gasteiger partial charge in [0.2, 0.25) is 0 Å². The van der Waals surface area contributed by atoms with E-state index >= 15 is 0 Å². The molecular formula is C11H14ClN. The molecule has 2 heteroatoms. The minimum absolute atomic E-state index is 0.876. The maximum Gasteiger partial charge on any atom is 0.0411 e. The fraction of sp³-hybridized carbons (Fsp3) is 0.455. The van der Waals surface area contributed by atoms with Crippen LogP contribution in [0.2, 0.25) is 5.02 Å². The van der Waals surface area contributed by atoms with E-state index in [4.69, 9.17) is 11.6 Å². The van der Waals surface area contributed by atoms with E-state index in [1.54, 1.807) is 0 Å². The summed E-state index contributed by atoms with van der Waals surface area (Å²) >= 11 is 6.00. The van der Waals surface area contributed by atoms with Crippen molar-refractivity contribution in [3.63, 3.8) is 0 Å². The van der Waals surface area contributed by atoms with E-state index in [1.807, 2.05) is 0 Å². The van der Waals surface area contributed by atoms with Crippen molar-refractivity contribution in [3.05, 3.63) is 33.8 Å². The van der Waals surface area contributed by atoms with E-state index in [2.05, 4.69) is 31.0 Å². The summed E-state index contributed by atoms with van der Waals surface area (Å²) in [6, 6.07) is 4.16. The quantitative estimate of drug-likeness (QED) is 0.615. The van der Waals surface area contributed by atoms with Gasteiger partial charge in [0.15, 0.2) is 0 Å². The predicted octanol–water partition coefficient (Wildman–Crippen LogP) is 2.64. The molecule has 0 radical (unpaired) electrons. The summed E-state index contributed by atoms with van der Waals surface area (Å²) in [6.45, 7) is 4.36. The van der Waals surface area contributed by atoms with Crippen molar-refractivity contribution >= 4 is 11.6 Å². The van der Waals surface area contributed by atoms with Gasteiger partial charge in [-0.05, 0) is 49.2 Å². The summed E-state index contributed by atoms with van der Waals surface area (Å²) in [6.07, 6.45) is 1.13. The summed E-state index contributed by atoms with van der Waals surface area (Å²) in [4.78, 5) is 2.35. The van der Waals surface area contributed by atoms with Gasteiger partial charge in [0.05, 0.1) is 0 Å². The third kappa shape index (κ3) is 1.72. The predicted molar refractivity (Wildman–Crippen MR) is 56.2 cm³/mol. The first-order valence-electron chi connectivity index (χ1n) is 4.63. The molecular weight excluding hydrogens is 182 g/mol. The van der Waals surface area contributed by atoms with Crippen molar-refractivity contribution in [2.45, 2.75) is 19.9 Å². The van der Waals surface area contributed by atoms with Crippen LogP contribution in [0.3, 0.4) is 0 Å². The fourth-order valence-electron chi connectivity index (χ4n) is 1.95. The topological polar surface area (TPSA) is 3.24 Å². The molecule has 1 aliphatic heterocycles. The Bertz CT molecular complexity index is 333. The second-order valence-electron chi connectivity index (χ2n) is 3.85. The average Bonchev–Trinajstić information content (AvgIpc) is 2.06. The van der Waals surface area contributed by atoms with Crippen molar-refractivity contribution in [1.29, 1.82) is 0 Å². The SMILES string of the molecule is Cc1cc(Cl)cc2c1CN(C)CC2. The summed E-state index contributed by atoms with van der Waals surface area (Å²) in [5, 5.41) is 0.876. The highest BCUT2D eigenvalue weighted by molar-refractivity contribution is 6.30. The third-order valence-corrected chi connectivity index (χ3v) is 2.94. The molecule has 1 aliphatic rings. The molecule has 13 heavy (non-hydrogen) atoms. The maximum atomic E-state index is 6.00. The molecule has 0 atom stereocenters. The van der Waals surface area contributed by atoms with Gasteiger partial charge in [0.1, 0.15) is 0 Å². The minimum Gasteiger partial charge on any atom is -0.302 e. The molecule has 2 rings (SSSR count). The second kappa shape index (κ2) is 3.32. The highest BCUT2D eigenvalue weighted by Gasteiger charge is 2.15. The van der Waals surface area contributed by atoms with Gasteiger partial charge < -0.3 is 4.90 Å². The summed E-state index contributed by atoms with van der Waals surface area (Å²) in [5.74, 6) is 0. The maximum absolute atomic E-state index is 6.00. The highest BCUT2D eigenvalue weighted by Crippen LogP contribution is 2.25. The van der Waals surface area contributed by atoms with Crippen molar-refractivity contribution in [2.75, 3.05) is 13.6 Å². The van der Waals surface area contributed by atoms with E-state index in [-0.39, 0.29) is 0 Å². The Labute approximate surface area is 84.3 Å². The summed E-state index contributed by atoms with van der Waals surface area (Å²) in [7, 11) is 2.16. The number of fused-ring (bicyclic) bond motifs is 1. The van der Waals surface area contributed by atoms with Crippen molar-refractivity contribution in [3.8, 4) is 0 Å². The Morgan fingerprint density at radius 1 is 1.38 bits per heavy atom. The molecule has 0 spiro atoms. The van der Waals surface area contributed by atoms with E-state index in [0.29, 0.717) is 0 Å². The number of likely N-dealkylation sites (N-methyl/N-ethyl adjacent to an activating group) is 1. The van der Waals surface area contributed by atoms with E-state index in [9.17, 15) is 0 Å². The fourth-order valence-corrected chi connectivity index (χ4v) is 2.25. The molecule has 0 aliphatic carbocycles. The molecule has 0 N–H and O–H groups in total. The summed E-state index contributed by atoms with van der Waals surface area (Å²) in [5.41, 5.74) is 4.23. The lowest BCUT2D eigenvalue weighted by molar-refractivity contribution is 0.312. The van der Waals surface area contributed by atoms with Crippen LogP contribution in [0.25, 0.3) is 0 Å². The van der Waals surface area contributed by atoms with E-state index in [1.165, 1.54) is 16.7 Å². The van der Waals surface area contributed by atoms with Crippen LogP contribution < -0.4 is 0 Å². The number of benzene rings is 1. The molecule has 1 aromatic rings. The first kappa shape index (κ1) is 9.04. The van der Waals surface area contributed by atoms with Crippen molar-refractivity contribution in [1.82, 2.24) is 4.90 Å². The number of hydrogen-bond acceptors (Lipinski definition) is 1. The Hall–Kier alpha value is -0.530. The highest BCUT2D eigenvalue weighted by atomic mass is 35.5. The molecule has 0 amide bonds. The molecule has 0 saturated carbocycles. The van der Waals surface area contributed by atoms with Gasteiger partial charge in [-0.15, -0.1) is 0 Å². The monoisotopic (exact) mass is 195 g/mol. The van der Waals surface area contributed by atoms with E-state index < -0.39 is 0 Å². The molecule has 70 valence electrons. The first-order chi connectivity index (χ1) is 6.16. The molecule has 1 heterocycles. The van der Waals surface area contributed by atoms with Crippen LogP contribution in [-0.4, -0.2) is 18.5 Å². The molecule has 1 aromatic carbocycles. The lowest BCUT2D eigenvalue weighted by atomic mass is 9.96. The molecule has 0 saturated heterocycles. The van der Waals surface area contributed by atoms with Crippen LogP contribution in [-0.2, 0) is 13.0 Å².